The van der Waals surface area contributed by atoms with E-state index in [1.54, 1.807) is 17.8 Å². The highest BCUT2D eigenvalue weighted by molar-refractivity contribution is 7.98. The van der Waals surface area contributed by atoms with Crippen LogP contribution in [0.3, 0.4) is 0 Å². The Labute approximate surface area is 124 Å². The molecule has 0 aromatic heterocycles. The molecule has 0 amide bonds. The monoisotopic (exact) mass is 310 g/mol. The predicted octanol–water partition coefficient (Wildman–Crippen LogP) is 4.21. The quantitative estimate of drug-likeness (QED) is 0.511. The zero-order chi connectivity index (χ0) is 15.4. The summed E-state index contributed by atoms with van der Waals surface area (Å²) in [5, 5.41) is 13.6. The highest BCUT2D eigenvalue weighted by Gasteiger charge is 2.18. The van der Waals surface area contributed by atoms with Crippen molar-refractivity contribution < 1.29 is 13.7 Å². The number of nitro groups is 1. The molecular weight excluding hydrogens is 298 g/mol. The molecule has 0 unspecified atom stereocenters. The maximum atomic E-state index is 13.6. The molecule has 4 nitrogen and oxygen atoms in total. The van der Waals surface area contributed by atoms with Gasteiger partial charge in [0.15, 0.2) is 0 Å². The van der Waals surface area contributed by atoms with Gasteiger partial charge in [-0.15, -0.1) is 11.8 Å². The molecule has 0 aliphatic rings. The average molecular weight is 310 g/mol. The van der Waals surface area contributed by atoms with Gasteiger partial charge >= 0.3 is 5.69 Å². The first kappa shape index (κ1) is 15.2. The minimum atomic E-state index is -1.18. The Hall–Kier alpha value is -2.15. The van der Waals surface area contributed by atoms with Crippen LogP contribution in [0.5, 0.6) is 0 Å². The summed E-state index contributed by atoms with van der Waals surface area (Å²) in [6.07, 6.45) is 1.93. The normalized spacial score (nSPS) is 10.4. The molecule has 0 radical (unpaired) electrons. The summed E-state index contributed by atoms with van der Waals surface area (Å²) in [7, 11) is 0. The summed E-state index contributed by atoms with van der Waals surface area (Å²) in [4.78, 5) is 10.8. The number of halogens is 2. The van der Waals surface area contributed by atoms with Gasteiger partial charge in [0, 0.05) is 34.8 Å². The van der Waals surface area contributed by atoms with Gasteiger partial charge in [0.25, 0.3) is 0 Å². The number of nitrogens with one attached hydrogen (secondary N) is 1. The molecule has 7 heteroatoms. The van der Waals surface area contributed by atoms with Gasteiger partial charge in [0.1, 0.15) is 5.82 Å². The summed E-state index contributed by atoms with van der Waals surface area (Å²) < 4.78 is 26.9. The van der Waals surface area contributed by atoms with Crippen molar-refractivity contribution in [3.05, 3.63) is 63.7 Å². The second-order valence-corrected chi connectivity index (χ2v) is 5.12. The van der Waals surface area contributed by atoms with Crippen LogP contribution in [0.2, 0.25) is 0 Å². The van der Waals surface area contributed by atoms with Gasteiger partial charge in [-0.1, -0.05) is 6.07 Å². The van der Waals surface area contributed by atoms with Crippen LogP contribution < -0.4 is 5.32 Å². The maximum Gasteiger partial charge on any atom is 0.305 e. The Balaban J connectivity index is 2.19. The van der Waals surface area contributed by atoms with Crippen LogP contribution in [-0.4, -0.2) is 11.2 Å². The molecule has 0 saturated carbocycles. The lowest BCUT2D eigenvalue weighted by molar-refractivity contribution is -0.387. The molecule has 2 aromatic carbocycles. The summed E-state index contributed by atoms with van der Waals surface area (Å²) in [5.74, 6) is -1.99. The second-order valence-electron chi connectivity index (χ2n) is 4.24. The summed E-state index contributed by atoms with van der Waals surface area (Å²) in [6, 6.07) is 8.90. The van der Waals surface area contributed by atoms with E-state index in [1.165, 1.54) is 0 Å². The molecule has 0 saturated heterocycles. The average Bonchev–Trinajstić information content (AvgIpc) is 2.46. The second kappa shape index (κ2) is 6.53. The van der Waals surface area contributed by atoms with E-state index in [0.717, 1.165) is 16.6 Å². The van der Waals surface area contributed by atoms with Crippen molar-refractivity contribution in [2.45, 2.75) is 11.4 Å². The van der Waals surface area contributed by atoms with Gasteiger partial charge in [-0.3, -0.25) is 10.1 Å². The van der Waals surface area contributed by atoms with E-state index < -0.39 is 22.2 Å². The molecule has 0 fully saturated rings. The van der Waals surface area contributed by atoms with E-state index in [1.807, 2.05) is 24.5 Å². The van der Waals surface area contributed by atoms with Crippen molar-refractivity contribution in [1.82, 2.24) is 0 Å². The Morgan fingerprint density at radius 3 is 2.67 bits per heavy atom. The number of rotatable bonds is 5. The summed E-state index contributed by atoms with van der Waals surface area (Å²) in [5.41, 5.74) is 0.0666. The first-order valence-corrected chi connectivity index (χ1v) is 7.24. The van der Waals surface area contributed by atoms with Crippen LogP contribution in [-0.2, 0) is 6.54 Å². The molecule has 0 aliphatic carbocycles. The molecule has 1 N–H and O–H groups in total. The van der Waals surface area contributed by atoms with Gasteiger partial charge < -0.3 is 5.32 Å². The number of nitrogens with zero attached hydrogens (tertiary/aromatic N) is 1. The Bertz CT molecular complexity index is 680. The van der Waals surface area contributed by atoms with Crippen LogP contribution in [0.15, 0.2) is 41.3 Å². The largest absolute Gasteiger partial charge is 0.381 e. The molecule has 0 atom stereocenters. The third kappa shape index (κ3) is 3.69. The van der Waals surface area contributed by atoms with Gasteiger partial charge in [-0.25, -0.2) is 4.39 Å². The van der Waals surface area contributed by atoms with Gasteiger partial charge in [0.05, 0.1) is 4.92 Å². The van der Waals surface area contributed by atoms with Crippen LogP contribution >= 0.6 is 11.8 Å². The molecule has 110 valence electrons. The zero-order valence-corrected chi connectivity index (χ0v) is 11.9. The lowest BCUT2D eigenvalue weighted by Gasteiger charge is -2.09. The first-order chi connectivity index (χ1) is 10.0. The number of nitro benzene ring substituents is 1. The molecule has 0 bridgehead atoms. The smallest absolute Gasteiger partial charge is 0.305 e. The third-order valence-corrected chi connectivity index (χ3v) is 3.59. The van der Waals surface area contributed by atoms with Crippen molar-refractivity contribution in [1.29, 1.82) is 0 Å². The topological polar surface area (TPSA) is 55.2 Å². The number of anilines is 1. The molecule has 2 aromatic rings. The van der Waals surface area contributed by atoms with E-state index >= 15 is 0 Å². The van der Waals surface area contributed by atoms with E-state index in [9.17, 15) is 18.9 Å². The maximum absolute atomic E-state index is 13.6. The van der Waals surface area contributed by atoms with Gasteiger partial charge in [-0.2, -0.15) is 4.39 Å². The highest BCUT2D eigenvalue weighted by Crippen LogP contribution is 2.23. The summed E-state index contributed by atoms with van der Waals surface area (Å²) >= 11 is 1.56. The fourth-order valence-corrected chi connectivity index (χ4v) is 2.25. The molecule has 0 spiro atoms. The lowest BCUT2D eigenvalue weighted by atomic mass is 10.1. The van der Waals surface area contributed by atoms with E-state index in [0.29, 0.717) is 6.07 Å². The highest BCUT2D eigenvalue weighted by atomic mass is 32.2. The SMILES string of the molecule is CSc1cccc(NCc2cc([N+](=O)[O-])c(F)cc2F)c1. The van der Waals surface area contributed by atoms with Crippen LogP contribution in [0.4, 0.5) is 20.2 Å². The van der Waals surface area contributed by atoms with Crippen molar-refractivity contribution in [2.24, 2.45) is 0 Å². The van der Waals surface area contributed by atoms with Crippen molar-refractivity contribution >= 4 is 23.1 Å². The van der Waals surface area contributed by atoms with E-state index in [4.69, 9.17) is 0 Å². The molecule has 0 heterocycles. The van der Waals surface area contributed by atoms with Crippen molar-refractivity contribution in [3.63, 3.8) is 0 Å². The number of hydrogen-bond donors (Lipinski definition) is 1. The fraction of sp³-hybridized carbons (Fsp3) is 0.143. The van der Waals surface area contributed by atoms with Crippen molar-refractivity contribution in [2.75, 3.05) is 11.6 Å². The molecular formula is C14H12F2N2O2S. The van der Waals surface area contributed by atoms with Gasteiger partial charge in [0.2, 0.25) is 5.82 Å². The molecule has 0 aliphatic heterocycles. The molecule has 2 rings (SSSR count). The van der Waals surface area contributed by atoms with Crippen molar-refractivity contribution in [3.8, 4) is 0 Å². The predicted molar refractivity (Wildman–Crippen MR) is 78.6 cm³/mol. The van der Waals surface area contributed by atoms with Crippen LogP contribution in [0.1, 0.15) is 5.56 Å². The zero-order valence-electron chi connectivity index (χ0n) is 11.1. The summed E-state index contributed by atoms with van der Waals surface area (Å²) in [6.45, 7) is 0.0325. The van der Waals surface area contributed by atoms with Crippen LogP contribution in [0.25, 0.3) is 0 Å². The van der Waals surface area contributed by atoms with Gasteiger partial charge in [-0.05, 0) is 24.5 Å². The Morgan fingerprint density at radius 1 is 1.24 bits per heavy atom. The third-order valence-electron chi connectivity index (χ3n) is 2.87. The number of hydrogen-bond acceptors (Lipinski definition) is 4. The number of thioether (sulfide) groups is 1. The molecule has 21 heavy (non-hydrogen) atoms. The standard InChI is InChI=1S/C14H12F2N2O2S/c1-21-11-4-2-3-10(6-11)17-8-9-5-14(18(19)20)13(16)7-12(9)15/h2-7,17H,8H2,1H3. The van der Waals surface area contributed by atoms with E-state index in [-0.39, 0.29) is 12.1 Å². The fourth-order valence-electron chi connectivity index (χ4n) is 1.79. The minimum Gasteiger partial charge on any atom is -0.381 e. The van der Waals surface area contributed by atoms with E-state index in [2.05, 4.69) is 5.32 Å². The minimum absolute atomic E-state index is 0.0325. The first-order valence-electron chi connectivity index (χ1n) is 6.01. The lowest BCUT2D eigenvalue weighted by Crippen LogP contribution is -2.04. The van der Waals surface area contributed by atoms with Crippen LogP contribution in [0, 0.1) is 21.7 Å². The Morgan fingerprint density at radius 2 is 2.00 bits per heavy atom. The number of benzene rings is 2. The Kier molecular flexibility index (Phi) is 4.74.